The van der Waals surface area contributed by atoms with Crippen molar-refractivity contribution in [2.75, 3.05) is 25.5 Å². The van der Waals surface area contributed by atoms with Crippen LogP contribution in [0.2, 0.25) is 5.02 Å². The topological polar surface area (TPSA) is 81.4 Å². The number of halogens is 1. The standard InChI is InChI=1S/C12H19ClN2O3S/c1-2-3-7-18-8-6-15-19(16,17)10-4-5-12(14)11(13)9-10/h4-5,9,15H,2-3,6-8,14H2,1H3. The first-order valence-electron chi connectivity index (χ1n) is 6.10. The molecule has 7 heteroatoms. The second kappa shape index (κ2) is 7.69. The molecule has 1 aromatic rings. The Bertz CT molecular complexity index is 506. The number of ether oxygens (including phenoxy) is 1. The van der Waals surface area contributed by atoms with Gasteiger partial charge in [-0.3, -0.25) is 0 Å². The molecule has 19 heavy (non-hydrogen) atoms. The van der Waals surface area contributed by atoms with Crippen molar-refractivity contribution in [2.45, 2.75) is 24.7 Å². The third-order valence-electron chi connectivity index (χ3n) is 2.46. The molecule has 1 aromatic carbocycles. The Morgan fingerprint density at radius 3 is 2.74 bits per heavy atom. The molecular formula is C12H19ClN2O3S. The third-order valence-corrected chi connectivity index (χ3v) is 4.25. The Morgan fingerprint density at radius 2 is 2.11 bits per heavy atom. The summed E-state index contributed by atoms with van der Waals surface area (Å²) in [6, 6.07) is 4.22. The number of unbranched alkanes of at least 4 members (excludes halogenated alkanes) is 1. The van der Waals surface area contributed by atoms with Gasteiger partial charge in [0.1, 0.15) is 0 Å². The summed E-state index contributed by atoms with van der Waals surface area (Å²) < 4.78 is 31.6. The lowest BCUT2D eigenvalue weighted by atomic mass is 10.3. The number of sulfonamides is 1. The SMILES string of the molecule is CCCCOCCNS(=O)(=O)c1ccc(N)c(Cl)c1. The maximum atomic E-state index is 11.9. The number of hydrogen-bond donors (Lipinski definition) is 2. The molecule has 0 fully saturated rings. The lowest BCUT2D eigenvalue weighted by Gasteiger charge is -2.08. The fourth-order valence-corrected chi connectivity index (χ4v) is 2.64. The monoisotopic (exact) mass is 306 g/mol. The van der Waals surface area contributed by atoms with Gasteiger partial charge < -0.3 is 10.5 Å². The van der Waals surface area contributed by atoms with Gasteiger partial charge in [-0.25, -0.2) is 13.1 Å². The van der Waals surface area contributed by atoms with Crippen LogP contribution in [0, 0.1) is 0 Å². The van der Waals surface area contributed by atoms with Gasteiger partial charge in [0.05, 0.1) is 22.2 Å². The third kappa shape index (κ3) is 5.36. The van der Waals surface area contributed by atoms with Crippen LogP contribution >= 0.6 is 11.6 Å². The molecule has 0 radical (unpaired) electrons. The lowest BCUT2D eigenvalue weighted by Crippen LogP contribution is -2.27. The molecule has 108 valence electrons. The normalized spacial score (nSPS) is 11.7. The average Bonchev–Trinajstić information content (AvgIpc) is 2.36. The van der Waals surface area contributed by atoms with E-state index in [1.165, 1.54) is 18.2 Å². The molecule has 0 aliphatic rings. The van der Waals surface area contributed by atoms with E-state index < -0.39 is 10.0 Å². The number of rotatable bonds is 8. The molecule has 0 amide bonds. The van der Waals surface area contributed by atoms with Gasteiger partial charge in [-0.15, -0.1) is 0 Å². The van der Waals surface area contributed by atoms with E-state index in [4.69, 9.17) is 22.1 Å². The molecule has 0 saturated heterocycles. The van der Waals surface area contributed by atoms with Gasteiger partial charge in [-0.05, 0) is 24.6 Å². The Morgan fingerprint density at radius 1 is 1.37 bits per heavy atom. The molecule has 0 atom stereocenters. The van der Waals surface area contributed by atoms with Gasteiger partial charge in [-0.2, -0.15) is 0 Å². The van der Waals surface area contributed by atoms with Crippen molar-refractivity contribution in [3.8, 4) is 0 Å². The van der Waals surface area contributed by atoms with Crippen LogP contribution in [0.25, 0.3) is 0 Å². The highest BCUT2D eigenvalue weighted by molar-refractivity contribution is 7.89. The number of hydrogen-bond acceptors (Lipinski definition) is 4. The Balaban J connectivity index is 2.49. The van der Waals surface area contributed by atoms with Gasteiger partial charge in [-0.1, -0.05) is 24.9 Å². The van der Waals surface area contributed by atoms with Crippen molar-refractivity contribution in [1.82, 2.24) is 4.72 Å². The highest BCUT2D eigenvalue weighted by Gasteiger charge is 2.14. The predicted molar refractivity (Wildman–Crippen MR) is 76.8 cm³/mol. The Kier molecular flexibility index (Phi) is 6.57. The van der Waals surface area contributed by atoms with Crippen molar-refractivity contribution in [3.05, 3.63) is 23.2 Å². The summed E-state index contributed by atoms with van der Waals surface area (Å²) in [6.07, 6.45) is 2.02. The number of benzene rings is 1. The Hall–Kier alpha value is -0.820. The summed E-state index contributed by atoms with van der Waals surface area (Å²) in [5.74, 6) is 0. The average molecular weight is 307 g/mol. The molecule has 0 aliphatic carbocycles. The molecule has 0 saturated carbocycles. The van der Waals surface area contributed by atoms with Crippen molar-refractivity contribution >= 4 is 27.3 Å². The quantitative estimate of drug-likeness (QED) is 0.568. The van der Waals surface area contributed by atoms with Crippen LogP contribution in [-0.2, 0) is 14.8 Å². The molecule has 1 rings (SSSR count). The summed E-state index contributed by atoms with van der Waals surface area (Å²) in [6.45, 7) is 3.29. The zero-order valence-electron chi connectivity index (χ0n) is 10.9. The van der Waals surface area contributed by atoms with Gasteiger partial charge in [0, 0.05) is 13.2 Å². The van der Waals surface area contributed by atoms with Gasteiger partial charge in [0.25, 0.3) is 0 Å². The number of nitrogens with two attached hydrogens (primary N) is 1. The predicted octanol–water partition coefficient (Wildman–Crippen LogP) is 2.02. The minimum absolute atomic E-state index is 0.0975. The van der Waals surface area contributed by atoms with Crippen LogP contribution in [-0.4, -0.2) is 28.2 Å². The first-order valence-corrected chi connectivity index (χ1v) is 7.96. The van der Waals surface area contributed by atoms with Crippen molar-refractivity contribution in [3.63, 3.8) is 0 Å². The molecule has 0 spiro atoms. The molecule has 5 nitrogen and oxygen atoms in total. The summed E-state index contributed by atoms with van der Waals surface area (Å²) in [5, 5.41) is 0.224. The number of nitrogens with one attached hydrogen (secondary N) is 1. The zero-order chi connectivity index (χ0) is 14.3. The molecule has 0 aliphatic heterocycles. The summed E-state index contributed by atoms with van der Waals surface area (Å²) >= 11 is 5.80. The van der Waals surface area contributed by atoms with Gasteiger partial charge >= 0.3 is 0 Å². The van der Waals surface area contributed by atoms with E-state index in [0.717, 1.165) is 12.8 Å². The van der Waals surface area contributed by atoms with Crippen LogP contribution in [0.5, 0.6) is 0 Å². The van der Waals surface area contributed by atoms with Crippen LogP contribution in [0.15, 0.2) is 23.1 Å². The minimum atomic E-state index is -3.56. The van der Waals surface area contributed by atoms with Gasteiger partial charge in [0.2, 0.25) is 10.0 Å². The van der Waals surface area contributed by atoms with E-state index in [1.807, 2.05) is 0 Å². The maximum Gasteiger partial charge on any atom is 0.240 e. The second-order valence-electron chi connectivity index (χ2n) is 4.05. The van der Waals surface area contributed by atoms with E-state index in [9.17, 15) is 8.42 Å². The van der Waals surface area contributed by atoms with E-state index >= 15 is 0 Å². The van der Waals surface area contributed by atoms with Crippen molar-refractivity contribution in [1.29, 1.82) is 0 Å². The zero-order valence-corrected chi connectivity index (χ0v) is 12.4. The fraction of sp³-hybridized carbons (Fsp3) is 0.500. The lowest BCUT2D eigenvalue weighted by molar-refractivity contribution is 0.136. The summed E-state index contributed by atoms with van der Waals surface area (Å²) in [5.41, 5.74) is 5.88. The second-order valence-corrected chi connectivity index (χ2v) is 6.22. The van der Waals surface area contributed by atoms with Crippen LogP contribution in [0.3, 0.4) is 0 Å². The van der Waals surface area contributed by atoms with Crippen LogP contribution in [0.1, 0.15) is 19.8 Å². The highest BCUT2D eigenvalue weighted by Crippen LogP contribution is 2.22. The van der Waals surface area contributed by atoms with E-state index in [1.54, 1.807) is 0 Å². The summed E-state index contributed by atoms with van der Waals surface area (Å²) in [7, 11) is -3.56. The Labute approximate surface area is 119 Å². The molecule has 3 N–H and O–H groups in total. The van der Waals surface area contributed by atoms with E-state index in [2.05, 4.69) is 11.6 Å². The molecular weight excluding hydrogens is 288 g/mol. The highest BCUT2D eigenvalue weighted by atomic mass is 35.5. The van der Waals surface area contributed by atoms with E-state index in [-0.39, 0.29) is 16.5 Å². The van der Waals surface area contributed by atoms with Crippen molar-refractivity contribution < 1.29 is 13.2 Å². The largest absolute Gasteiger partial charge is 0.398 e. The number of anilines is 1. The molecule has 0 aromatic heterocycles. The van der Waals surface area contributed by atoms with E-state index in [0.29, 0.717) is 18.9 Å². The molecule has 0 bridgehead atoms. The van der Waals surface area contributed by atoms with Gasteiger partial charge in [0.15, 0.2) is 0 Å². The molecule has 0 heterocycles. The maximum absolute atomic E-state index is 11.9. The van der Waals surface area contributed by atoms with Crippen molar-refractivity contribution in [2.24, 2.45) is 0 Å². The summed E-state index contributed by atoms with van der Waals surface area (Å²) in [4.78, 5) is 0.0975. The van der Waals surface area contributed by atoms with Crippen LogP contribution in [0.4, 0.5) is 5.69 Å². The smallest absolute Gasteiger partial charge is 0.240 e. The fourth-order valence-electron chi connectivity index (χ4n) is 1.36. The van der Waals surface area contributed by atoms with Crippen LogP contribution < -0.4 is 10.5 Å². The first kappa shape index (κ1) is 16.2. The minimum Gasteiger partial charge on any atom is -0.398 e. The first-order chi connectivity index (χ1) is 8.97. The number of nitrogen functional groups attached to an aromatic ring is 1. The molecule has 0 unspecified atom stereocenters.